The fourth-order valence-electron chi connectivity index (χ4n) is 6.29. The molecule has 0 radical (unpaired) electrons. The van der Waals surface area contributed by atoms with Crippen LogP contribution >= 0.6 is 11.8 Å². The van der Waals surface area contributed by atoms with Crippen LogP contribution in [0, 0.1) is 18.8 Å². The number of hydrogen-bond donors (Lipinski definition) is 3. The Balaban J connectivity index is 1.41. The van der Waals surface area contributed by atoms with Gasteiger partial charge in [-0.25, -0.2) is 4.79 Å². The zero-order valence-corrected chi connectivity index (χ0v) is 26.4. The van der Waals surface area contributed by atoms with E-state index < -0.39 is 0 Å². The highest BCUT2D eigenvalue weighted by Crippen LogP contribution is 2.38. The molecule has 2 saturated heterocycles. The number of carbonyl (C=O) groups excluding carboxylic acids is 2. The van der Waals surface area contributed by atoms with E-state index in [0.29, 0.717) is 36.7 Å². The van der Waals surface area contributed by atoms with Crippen LogP contribution in [-0.4, -0.2) is 98.9 Å². The number of aryl methyl sites for hydroxylation is 1. The molecular formula is C32H47N7O2S. The van der Waals surface area contributed by atoms with Crippen LogP contribution in [0.1, 0.15) is 44.6 Å². The third-order valence-electron chi connectivity index (χ3n) is 8.77. The average molecular weight is 594 g/mol. The van der Waals surface area contributed by atoms with E-state index in [1.165, 1.54) is 0 Å². The van der Waals surface area contributed by atoms with E-state index >= 15 is 0 Å². The molecule has 0 bridgehead atoms. The van der Waals surface area contributed by atoms with Gasteiger partial charge in [-0.05, 0) is 83.1 Å². The summed E-state index contributed by atoms with van der Waals surface area (Å²) >= 11 is 1.61. The van der Waals surface area contributed by atoms with Crippen molar-refractivity contribution >= 4 is 29.8 Å². The van der Waals surface area contributed by atoms with E-state index in [4.69, 9.17) is 4.99 Å². The Morgan fingerprint density at radius 1 is 1.12 bits per heavy atom. The molecule has 5 rings (SSSR count). The molecule has 4 aliphatic rings. The second-order valence-corrected chi connectivity index (χ2v) is 13.5. The molecule has 2 amide bonds. The van der Waals surface area contributed by atoms with Gasteiger partial charge in [-0.1, -0.05) is 36.9 Å². The summed E-state index contributed by atoms with van der Waals surface area (Å²) in [7, 11) is 4.19. The number of rotatable bonds is 6. The number of amides is 2. The first-order valence-electron chi connectivity index (χ1n) is 15.5. The van der Waals surface area contributed by atoms with Crippen LogP contribution in [0.25, 0.3) is 0 Å². The highest BCUT2D eigenvalue weighted by Gasteiger charge is 2.34. The van der Waals surface area contributed by atoms with Gasteiger partial charge in [0.1, 0.15) is 5.70 Å². The average Bonchev–Trinajstić information content (AvgIpc) is 3.28. The maximum absolute atomic E-state index is 14.4. The lowest BCUT2D eigenvalue weighted by molar-refractivity contribution is -0.112. The van der Waals surface area contributed by atoms with Gasteiger partial charge in [0, 0.05) is 61.0 Å². The number of urea groups is 1. The van der Waals surface area contributed by atoms with E-state index in [1.54, 1.807) is 18.0 Å². The van der Waals surface area contributed by atoms with E-state index in [0.717, 1.165) is 79.5 Å². The highest BCUT2D eigenvalue weighted by atomic mass is 32.2. The summed E-state index contributed by atoms with van der Waals surface area (Å²) in [5.41, 5.74) is 3.05. The SMILES string of the molecule is Cc1ccccc1S/C1=C(\NC(=O)N2CCC(CN(C)C)CC2)C(=O)C2=C(NC(N3CCCNCC3)N=C2)C(C)CC1. The largest absolute Gasteiger partial charge is 0.354 e. The van der Waals surface area contributed by atoms with Crippen molar-refractivity contribution < 1.29 is 9.59 Å². The number of piperidine rings is 1. The Labute approximate surface area is 255 Å². The molecule has 3 heterocycles. The third kappa shape index (κ3) is 7.45. The summed E-state index contributed by atoms with van der Waals surface area (Å²) in [4.78, 5) is 41.3. The van der Waals surface area contributed by atoms with E-state index in [-0.39, 0.29) is 24.0 Å². The smallest absolute Gasteiger partial charge is 0.321 e. The zero-order valence-electron chi connectivity index (χ0n) is 25.6. The van der Waals surface area contributed by atoms with Crippen molar-refractivity contribution in [2.45, 2.75) is 57.1 Å². The number of hydrogen-bond acceptors (Lipinski definition) is 8. The van der Waals surface area contributed by atoms with Gasteiger partial charge in [-0.15, -0.1) is 0 Å². The maximum Gasteiger partial charge on any atom is 0.321 e. The molecule has 3 aliphatic heterocycles. The summed E-state index contributed by atoms with van der Waals surface area (Å²) in [5.74, 6) is 0.588. The first kappa shape index (κ1) is 30.8. The topological polar surface area (TPSA) is 92.3 Å². The molecule has 10 heteroatoms. The molecule has 3 N–H and O–H groups in total. The Kier molecular flexibility index (Phi) is 10.4. The molecule has 9 nitrogen and oxygen atoms in total. The quantitative estimate of drug-likeness (QED) is 0.462. The molecular weight excluding hydrogens is 546 g/mol. The number of carbonyl (C=O) groups is 2. The third-order valence-corrected chi connectivity index (χ3v) is 10.1. The summed E-state index contributed by atoms with van der Waals surface area (Å²) in [5, 5.41) is 10.2. The van der Waals surface area contributed by atoms with Gasteiger partial charge >= 0.3 is 6.03 Å². The van der Waals surface area contributed by atoms with Crippen LogP contribution in [0.2, 0.25) is 0 Å². The Hall–Kier alpha value is -2.66. The Bertz CT molecular complexity index is 1230. The summed E-state index contributed by atoms with van der Waals surface area (Å²) in [6.07, 6.45) is 6.17. The minimum Gasteiger partial charge on any atom is -0.354 e. The van der Waals surface area contributed by atoms with Crippen molar-refractivity contribution in [1.29, 1.82) is 0 Å². The lowest BCUT2D eigenvalue weighted by Gasteiger charge is -2.36. The minimum absolute atomic E-state index is 0.156. The van der Waals surface area contributed by atoms with Gasteiger partial charge < -0.3 is 25.8 Å². The molecule has 0 saturated carbocycles. The van der Waals surface area contributed by atoms with Crippen LogP contribution < -0.4 is 16.0 Å². The molecule has 1 aromatic carbocycles. The molecule has 2 fully saturated rings. The number of ketones is 1. The first-order chi connectivity index (χ1) is 20.3. The Morgan fingerprint density at radius 2 is 1.90 bits per heavy atom. The number of aliphatic imine (C=N–C) groups is 1. The minimum atomic E-state index is -0.184. The van der Waals surface area contributed by atoms with Crippen LogP contribution in [-0.2, 0) is 4.79 Å². The first-order valence-corrected chi connectivity index (χ1v) is 16.3. The van der Waals surface area contributed by atoms with Gasteiger partial charge in [-0.3, -0.25) is 14.7 Å². The summed E-state index contributed by atoms with van der Waals surface area (Å²) < 4.78 is 0. The van der Waals surface area contributed by atoms with Crippen molar-refractivity contribution in [2.75, 3.05) is 59.9 Å². The summed E-state index contributed by atoms with van der Waals surface area (Å²) in [6, 6.07) is 8.04. The molecule has 42 heavy (non-hydrogen) atoms. The van der Waals surface area contributed by atoms with E-state index in [9.17, 15) is 9.59 Å². The fraction of sp³-hybridized carbons (Fsp3) is 0.594. The fourth-order valence-corrected chi connectivity index (χ4v) is 7.39. The predicted molar refractivity (Wildman–Crippen MR) is 170 cm³/mol. The van der Waals surface area contributed by atoms with Gasteiger partial charge in [-0.2, -0.15) is 0 Å². The van der Waals surface area contributed by atoms with Crippen molar-refractivity contribution in [3.05, 3.63) is 51.7 Å². The van der Waals surface area contributed by atoms with Gasteiger partial charge in [0.2, 0.25) is 5.78 Å². The number of thioether (sulfide) groups is 1. The predicted octanol–water partition coefficient (Wildman–Crippen LogP) is 3.79. The van der Waals surface area contributed by atoms with Crippen molar-refractivity contribution in [3.8, 4) is 0 Å². The molecule has 0 spiro atoms. The molecule has 2 unspecified atom stereocenters. The Morgan fingerprint density at radius 3 is 2.67 bits per heavy atom. The zero-order chi connectivity index (χ0) is 29.6. The van der Waals surface area contributed by atoms with Crippen LogP contribution in [0.15, 0.2) is 56.0 Å². The molecule has 228 valence electrons. The van der Waals surface area contributed by atoms with Gasteiger partial charge in [0.15, 0.2) is 6.29 Å². The number of allylic oxidation sites excluding steroid dienone is 3. The number of likely N-dealkylation sites (tertiary alicyclic amines) is 1. The highest BCUT2D eigenvalue weighted by molar-refractivity contribution is 8.03. The van der Waals surface area contributed by atoms with Crippen LogP contribution in [0.3, 0.4) is 0 Å². The van der Waals surface area contributed by atoms with E-state index in [1.807, 2.05) is 17.0 Å². The number of benzene rings is 1. The van der Waals surface area contributed by atoms with Crippen molar-refractivity contribution in [1.82, 2.24) is 30.7 Å². The van der Waals surface area contributed by atoms with Crippen LogP contribution in [0.4, 0.5) is 4.79 Å². The molecule has 1 aromatic rings. The second-order valence-electron chi connectivity index (χ2n) is 12.3. The molecule has 0 aromatic heterocycles. The lowest BCUT2D eigenvalue weighted by Crippen LogP contribution is -2.50. The monoisotopic (exact) mass is 593 g/mol. The normalized spacial score (nSPS) is 26.4. The van der Waals surface area contributed by atoms with Crippen molar-refractivity contribution in [3.63, 3.8) is 0 Å². The standard InChI is InChI=1S/C32H47N7O2S/c1-22-8-5-6-9-26(22)42-27-11-10-23(2)28-25(20-34-31(35-28)38-16-7-14-33-15-19-38)30(40)29(27)36-32(41)39-17-12-24(13-18-39)21-37(3)4/h5-6,8-9,20,23-24,31,33,35H,7,10-19,21H2,1-4H3,(H,36,41)/b29-27-. The number of nitrogens with zero attached hydrogens (tertiary/aromatic N) is 4. The second kappa shape index (κ2) is 14.2. The maximum atomic E-state index is 14.4. The summed E-state index contributed by atoms with van der Waals surface area (Å²) in [6.45, 7) is 10.5. The van der Waals surface area contributed by atoms with Crippen molar-refractivity contribution in [2.24, 2.45) is 16.8 Å². The van der Waals surface area contributed by atoms with E-state index in [2.05, 4.69) is 65.8 Å². The number of Topliss-reactive ketones (excluding diaryl/α,β-unsaturated/α-hetero) is 1. The number of nitrogens with one attached hydrogen (secondary N) is 3. The van der Waals surface area contributed by atoms with Gasteiger partial charge in [0.25, 0.3) is 0 Å². The molecule has 1 aliphatic carbocycles. The van der Waals surface area contributed by atoms with Gasteiger partial charge in [0.05, 0.1) is 5.57 Å². The van der Waals surface area contributed by atoms with Crippen LogP contribution in [0.5, 0.6) is 0 Å². The molecule has 2 atom stereocenters. The lowest BCUT2D eigenvalue weighted by atomic mass is 9.90.